The number of rotatable bonds is 7. The molecular weight excluding hydrogens is 338 g/mol. The van der Waals surface area contributed by atoms with Crippen LogP contribution >= 0.6 is 15.9 Å². The van der Waals surface area contributed by atoms with Gasteiger partial charge in [0.1, 0.15) is 0 Å². The Kier molecular flexibility index (Phi) is 7.18. The normalized spacial score (nSPS) is 10.2. The van der Waals surface area contributed by atoms with Gasteiger partial charge in [0.15, 0.2) is 0 Å². The number of nitrogens with one attached hydrogen (secondary N) is 1. The van der Waals surface area contributed by atoms with Gasteiger partial charge in [0.05, 0.1) is 6.54 Å². The van der Waals surface area contributed by atoms with E-state index in [1.807, 2.05) is 0 Å². The molecule has 21 heavy (non-hydrogen) atoms. The summed E-state index contributed by atoms with van der Waals surface area (Å²) < 4.78 is 5.62. The molecule has 1 aromatic rings. The van der Waals surface area contributed by atoms with E-state index in [9.17, 15) is 9.59 Å². The molecule has 0 aliphatic carbocycles. The second-order valence-corrected chi connectivity index (χ2v) is 5.55. The van der Waals surface area contributed by atoms with Gasteiger partial charge in [-0.3, -0.25) is 9.59 Å². The van der Waals surface area contributed by atoms with Crippen LogP contribution < -0.4 is 11.1 Å². The Hall–Kier alpha value is -1.60. The van der Waals surface area contributed by atoms with E-state index < -0.39 is 0 Å². The maximum atomic E-state index is 12.2. The number of carbonyl (C=O) groups excluding carboxylic acids is 2. The van der Waals surface area contributed by atoms with Crippen molar-refractivity contribution >= 4 is 33.4 Å². The van der Waals surface area contributed by atoms with E-state index in [2.05, 4.69) is 21.2 Å². The molecule has 0 radical (unpaired) electrons. The van der Waals surface area contributed by atoms with Crippen molar-refractivity contribution in [1.29, 1.82) is 0 Å². The van der Waals surface area contributed by atoms with Crippen molar-refractivity contribution in [3.05, 3.63) is 28.2 Å². The molecule has 0 saturated carbocycles. The summed E-state index contributed by atoms with van der Waals surface area (Å²) in [4.78, 5) is 25.3. The summed E-state index contributed by atoms with van der Waals surface area (Å²) in [5, 5.41) is 2.73. The van der Waals surface area contributed by atoms with Crippen LogP contribution in [0, 0.1) is 0 Å². The molecule has 1 rings (SSSR count). The van der Waals surface area contributed by atoms with Crippen LogP contribution in [0.4, 0.5) is 5.69 Å². The van der Waals surface area contributed by atoms with Gasteiger partial charge in [0, 0.05) is 43.0 Å². The minimum absolute atomic E-state index is 0.00175. The van der Waals surface area contributed by atoms with Crippen molar-refractivity contribution in [2.75, 3.05) is 39.6 Å². The third-order valence-electron chi connectivity index (χ3n) is 2.74. The zero-order chi connectivity index (χ0) is 15.8. The zero-order valence-electron chi connectivity index (χ0n) is 12.2. The molecule has 0 aliphatic rings. The van der Waals surface area contributed by atoms with Gasteiger partial charge >= 0.3 is 0 Å². The molecule has 0 spiro atoms. The monoisotopic (exact) mass is 357 g/mol. The number of benzene rings is 1. The second-order valence-electron chi connectivity index (χ2n) is 4.63. The molecule has 0 fully saturated rings. The minimum atomic E-state index is -0.255. The van der Waals surface area contributed by atoms with E-state index in [0.29, 0.717) is 24.4 Å². The van der Waals surface area contributed by atoms with E-state index in [0.717, 1.165) is 10.9 Å². The fourth-order valence-electron chi connectivity index (χ4n) is 1.74. The summed E-state index contributed by atoms with van der Waals surface area (Å²) in [6, 6.07) is 4.96. The lowest BCUT2D eigenvalue weighted by Crippen LogP contribution is -2.38. The van der Waals surface area contributed by atoms with E-state index in [1.54, 1.807) is 32.4 Å². The molecular formula is C14H20BrN3O3. The number of hydrogen-bond acceptors (Lipinski definition) is 4. The molecule has 7 heteroatoms. The third-order valence-corrected chi connectivity index (χ3v) is 3.20. The smallest absolute Gasteiger partial charge is 0.254 e. The van der Waals surface area contributed by atoms with Crippen molar-refractivity contribution in [3.8, 4) is 0 Å². The van der Waals surface area contributed by atoms with Gasteiger partial charge < -0.3 is 20.7 Å². The van der Waals surface area contributed by atoms with Crippen molar-refractivity contribution in [2.45, 2.75) is 6.42 Å². The first-order valence-corrected chi connectivity index (χ1v) is 7.30. The Morgan fingerprint density at radius 1 is 1.38 bits per heavy atom. The lowest BCUT2D eigenvalue weighted by Gasteiger charge is -2.17. The lowest BCUT2D eigenvalue weighted by molar-refractivity contribution is -0.121. The molecule has 2 amide bonds. The van der Waals surface area contributed by atoms with Gasteiger partial charge in [-0.1, -0.05) is 15.9 Å². The molecule has 0 saturated heterocycles. The van der Waals surface area contributed by atoms with Crippen LogP contribution in [0.25, 0.3) is 0 Å². The number of halogens is 1. The summed E-state index contributed by atoms with van der Waals surface area (Å²) in [6.45, 7) is 1.11. The average molecular weight is 358 g/mol. The van der Waals surface area contributed by atoms with Crippen LogP contribution in [-0.2, 0) is 9.53 Å². The summed E-state index contributed by atoms with van der Waals surface area (Å²) in [6.07, 6.45) is 0.738. The summed E-state index contributed by atoms with van der Waals surface area (Å²) in [5.41, 5.74) is 6.63. The van der Waals surface area contributed by atoms with Crippen LogP contribution in [0.15, 0.2) is 22.7 Å². The van der Waals surface area contributed by atoms with E-state index in [4.69, 9.17) is 10.5 Å². The Morgan fingerprint density at radius 2 is 2.10 bits per heavy atom. The Bertz CT molecular complexity index is 488. The highest BCUT2D eigenvalue weighted by Crippen LogP contribution is 2.18. The predicted octanol–water partition coefficient (Wildman–Crippen LogP) is 1.26. The molecule has 3 N–H and O–H groups in total. The largest absolute Gasteiger partial charge is 0.399 e. The molecule has 6 nitrogen and oxygen atoms in total. The van der Waals surface area contributed by atoms with Crippen LogP contribution in [0.2, 0.25) is 0 Å². The van der Waals surface area contributed by atoms with Gasteiger partial charge in [-0.25, -0.2) is 0 Å². The predicted molar refractivity (Wildman–Crippen MR) is 85.0 cm³/mol. The molecule has 0 aliphatic heterocycles. The van der Waals surface area contributed by atoms with Gasteiger partial charge in [-0.15, -0.1) is 0 Å². The second kappa shape index (κ2) is 8.63. The Labute approximate surface area is 132 Å². The third kappa shape index (κ3) is 6.14. The maximum Gasteiger partial charge on any atom is 0.254 e. The summed E-state index contributed by atoms with van der Waals surface area (Å²) in [7, 11) is 3.19. The number of nitrogen functional groups attached to an aromatic ring is 1. The average Bonchev–Trinajstić information content (AvgIpc) is 2.41. The lowest BCUT2D eigenvalue weighted by atomic mass is 10.2. The molecule has 0 atom stereocenters. The van der Waals surface area contributed by atoms with Crippen LogP contribution in [0.1, 0.15) is 16.8 Å². The van der Waals surface area contributed by atoms with E-state index >= 15 is 0 Å². The first-order valence-electron chi connectivity index (χ1n) is 6.51. The first-order chi connectivity index (χ1) is 9.93. The number of anilines is 1. The molecule has 1 aromatic carbocycles. The highest BCUT2D eigenvalue weighted by molar-refractivity contribution is 9.10. The van der Waals surface area contributed by atoms with Crippen LogP contribution in [0.3, 0.4) is 0 Å². The highest BCUT2D eigenvalue weighted by Gasteiger charge is 2.15. The van der Waals surface area contributed by atoms with Gasteiger partial charge in [0.2, 0.25) is 5.91 Å². The molecule has 0 unspecified atom stereocenters. The van der Waals surface area contributed by atoms with Crippen LogP contribution in [0.5, 0.6) is 0 Å². The fourth-order valence-corrected chi connectivity index (χ4v) is 2.25. The number of carbonyl (C=O) groups is 2. The number of methoxy groups -OCH3 is 1. The minimum Gasteiger partial charge on any atom is -0.399 e. The summed E-state index contributed by atoms with van der Waals surface area (Å²) in [5.74, 6) is -0.458. The number of hydrogen-bond donors (Lipinski definition) is 2. The zero-order valence-corrected chi connectivity index (χ0v) is 13.8. The summed E-state index contributed by atoms with van der Waals surface area (Å²) >= 11 is 3.29. The van der Waals surface area contributed by atoms with Gasteiger partial charge in [0.25, 0.3) is 5.91 Å². The SMILES string of the molecule is COCCCNC(=O)CN(C)C(=O)c1cc(N)cc(Br)c1. The highest BCUT2D eigenvalue weighted by atomic mass is 79.9. The van der Waals surface area contributed by atoms with Crippen molar-refractivity contribution in [1.82, 2.24) is 10.2 Å². The van der Waals surface area contributed by atoms with Crippen molar-refractivity contribution in [2.24, 2.45) is 0 Å². The standard InChI is InChI=1S/C14H20BrN3O3/c1-18(9-13(19)17-4-3-5-21-2)14(20)10-6-11(15)8-12(16)7-10/h6-8H,3-5,9,16H2,1-2H3,(H,17,19). The quantitative estimate of drug-likeness (QED) is 0.568. The van der Waals surface area contributed by atoms with Gasteiger partial charge in [-0.05, 0) is 24.6 Å². The van der Waals surface area contributed by atoms with Gasteiger partial charge in [-0.2, -0.15) is 0 Å². The van der Waals surface area contributed by atoms with Crippen molar-refractivity contribution < 1.29 is 14.3 Å². The molecule has 0 heterocycles. The molecule has 116 valence electrons. The topological polar surface area (TPSA) is 84.7 Å². The Balaban J connectivity index is 2.52. The van der Waals surface area contributed by atoms with Crippen molar-refractivity contribution in [3.63, 3.8) is 0 Å². The van der Waals surface area contributed by atoms with E-state index in [1.165, 1.54) is 4.90 Å². The number of nitrogens with zero attached hydrogens (tertiary/aromatic N) is 1. The number of ether oxygens (including phenoxy) is 1. The first kappa shape index (κ1) is 17.5. The van der Waals surface area contributed by atoms with Crippen LogP contribution in [-0.4, -0.2) is 50.6 Å². The Morgan fingerprint density at radius 3 is 2.71 bits per heavy atom. The van der Waals surface area contributed by atoms with E-state index in [-0.39, 0.29) is 18.4 Å². The number of nitrogens with two attached hydrogens (primary N) is 1. The fraction of sp³-hybridized carbons (Fsp3) is 0.429. The molecule has 0 aromatic heterocycles. The maximum absolute atomic E-state index is 12.2. The number of likely N-dealkylation sites (N-methyl/N-ethyl adjacent to an activating group) is 1. The number of amides is 2. The molecule has 0 bridgehead atoms.